The van der Waals surface area contributed by atoms with Crippen LogP contribution >= 0.6 is 0 Å². The summed E-state index contributed by atoms with van der Waals surface area (Å²) in [7, 11) is 1.64. The second-order valence-electron chi connectivity index (χ2n) is 3.50. The van der Waals surface area contributed by atoms with Crippen LogP contribution in [0, 0.1) is 0 Å². The number of aromatic nitrogens is 3. The topological polar surface area (TPSA) is 80.2 Å². The van der Waals surface area contributed by atoms with Gasteiger partial charge in [0.25, 0.3) is 6.33 Å². The molecule has 0 aliphatic carbocycles. The third-order valence-electron chi connectivity index (χ3n) is 2.23. The Labute approximate surface area is 98.7 Å². The predicted octanol–water partition coefficient (Wildman–Crippen LogP) is 0.0688. The van der Waals surface area contributed by atoms with Crippen molar-refractivity contribution in [3.05, 3.63) is 42.5 Å². The Morgan fingerprint density at radius 1 is 1.47 bits per heavy atom. The molecule has 88 valence electrons. The molecule has 0 aliphatic heterocycles. The second-order valence-corrected chi connectivity index (χ2v) is 3.50. The Balaban J connectivity index is 2.05. The second kappa shape index (κ2) is 5.11. The summed E-state index contributed by atoms with van der Waals surface area (Å²) in [6, 6.07) is 7.71. The number of rotatable bonds is 4. The van der Waals surface area contributed by atoms with E-state index in [1.807, 2.05) is 24.3 Å². The fourth-order valence-electron chi connectivity index (χ4n) is 1.41. The van der Waals surface area contributed by atoms with Crippen molar-refractivity contribution in [3.63, 3.8) is 0 Å². The maximum Gasteiger partial charge on any atom is 0.288 e. The number of nitrogens with one attached hydrogen (secondary N) is 1. The number of H-pyrrole nitrogens is 1. The van der Waals surface area contributed by atoms with Crippen LogP contribution in [0.25, 0.3) is 0 Å². The van der Waals surface area contributed by atoms with Gasteiger partial charge >= 0.3 is 0 Å². The summed E-state index contributed by atoms with van der Waals surface area (Å²) in [6.07, 6.45) is 3.74. The van der Waals surface area contributed by atoms with Gasteiger partial charge in [0.1, 0.15) is 11.6 Å². The first-order chi connectivity index (χ1) is 8.28. The van der Waals surface area contributed by atoms with Crippen molar-refractivity contribution in [1.29, 1.82) is 0 Å². The monoisotopic (exact) mass is 232 g/mol. The molecule has 0 radical (unpaired) electrons. The van der Waals surface area contributed by atoms with Crippen molar-refractivity contribution in [1.82, 2.24) is 10.2 Å². The van der Waals surface area contributed by atoms with Crippen LogP contribution in [0.3, 0.4) is 0 Å². The van der Waals surface area contributed by atoms with Gasteiger partial charge in [-0.15, -0.1) is 9.77 Å². The summed E-state index contributed by atoms with van der Waals surface area (Å²) in [6.45, 7) is 0. The van der Waals surface area contributed by atoms with Gasteiger partial charge in [-0.25, -0.2) is 0 Å². The normalized spacial score (nSPS) is 11.5. The molecule has 0 unspecified atom stereocenters. The smallest absolute Gasteiger partial charge is 0.288 e. The fourth-order valence-corrected chi connectivity index (χ4v) is 1.41. The Kier molecular flexibility index (Phi) is 3.34. The van der Waals surface area contributed by atoms with Gasteiger partial charge in [0.15, 0.2) is 0 Å². The Bertz CT molecular complexity index is 489. The predicted molar refractivity (Wildman–Crippen MR) is 62.5 cm³/mol. The molecule has 0 amide bonds. The maximum atomic E-state index is 5.82. The van der Waals surface area contributed by atoms with Crippen LogP contribution in [-0.2, 0) is 6.42 Å². The summed E-state index contributed by atoms with van der Waals surface area (Å²) in [5.41, 5.74) is 6.90. The zero-order valence-electron chi connectivity index (χ0n) is 9.50. The molecule has 2 rings (SSSR count). The van der Waals surface area contributed by atoms with E-state index in [-0.39, 0.29) is 0 Å². The molecule has 1 aromatic carbocycles. The number of ether oxygens (including phenoxy) is 1. The minimum absolute atomic E-state index is 0.515. The molecule has 6 heteroatoms. The molecule has 0 fully saturated rings. The first-order valence-electron chi connectivity index (χ1n) is 5.14. The van der Waals surface area contributed by atoms with Crippen LogP contribution in [0.1, 0.15) is 5.56 Å². The van der Waals surface area contributed by atoms with Crippen molar-refractivity contribution in [3.8, 4) is 5.75 Å². The van der Waals surface area contributed by atoms with Gasteiger partial charge in [-0.3, -0.25) is 0 Å². The van der Waals surface area contributed by atoms with Crippen molar-refractivity contribution in [2.24, 2.45) is 10.8 Å². The van der Waals surface area contributed by atoms with E-state index in [0.29, 0.717) is 12.3 Å². The van der Waals surface area contributed by atoms with Crippen molar-refractivity contribution in [2.45, 2.75) is 6.42 Å². The molecule has 0 bridgehead atoms. The van der Waals surface area contributed by atoms with Gasteiger partial charge in [0.05, 0.1) is 7.11 Å². The summed E-state index contributed by atoms with van der Waals surface area (Å²) in [5, 5.41) is 10.6. The number of hydrogen-bond donors (Lipinski definition) is 2. The number of nitrogens with two attached hydrogens (primary N) is 1. The molecule has 3 N–H and O–H groups in total. The Morgan fingerprint density at radius 2 is 2.24 bits per heavy atom. The highest BCUT2D eigenvalue weighted by Crippen LogP contribution is 2.11. The van der Waals surface area contributed by atoms with Crippen molar-refractivity contribution >= 4 is 5.84 Å². The lowest BCUT2D eigenvalue weighted by molar-refractivity contribution is -0.679. The fraction of sp³-hybridized carbons (Fsp3) is 0.182. The number of benzene rings is 1. The van der Waals surface area contributed by atoms with E-state index in [2.05, 4.69) is 15.3 Å². The molecule has 1 aromatic heterocycles. The van der Waals surface area contributed by atoms with E-state index in [4.69, 9.17) is 10.5 Å². The SMILES string of the molecule is COc1ccc(CC(N)=N[n+]2cn[nH]c2)cc1. The number of aromatic amines is 1. The molecule has 1 heterocycles. The van der Waals surface area contributed by atoms with Crippen LogP contribution in [0.2, 0.25) is 0 Å². The molecule has 0 aliphatic rings. The highest BCUT2D eigenvalue weighted by molar-refractivity contribution is 5.81. The quantitative estimate of drug-likeness (QED) is 0.444. The van der Waals surface area contributed by atoms with E-state index in [0.717, 1.165) is 11.3 Å². The number of hydrogen-bond acceptors (Lipinski definition) is 3. The van der Waals surface area contributed by atoms with Gasteiger partial charge in [-0.2, -0.15) is 0 Å². The first-order valence-corrected chi connectivity index (χ1v) is 5.14. The zero-order chi connectivity index (χ0) is 12.1. The van der Waals surface area contributed by atoms with Crippen LogP contribution in [0.4, 0.5) is 0 Å². The molecule has 2 aromatic rings. The van der Waals surface area contributed by atoms with Gasteiger partial charge in [0.2, 0.25) is 6.33 Å². The highest BCUT2D eigenvalue weighted by Gasteiger charge is 2.00. The minimum Gasteiger partial charge on any atom is -0.497 e. The van der Waals surface area contributed by atoms with Crippen LogP contribution in [-0.4, -0.2) is 23.1 Å². The van der Waals surface area contributed by atoms with Gasteiger partial charge in [0, 0.05) is 11.5 Å². The molecular formula is C11H14N5O+. The summed E-state index contributed by atoms with van der Waals surface area (Å²) < 4.78 is 6.61. The lowest BCUT2D eigenvalue weighted by Crippen LogP contribution is -2.30. The number of nitrogens with zero attached hydrogens (tertiary/aromatic N) is 3. The largest absolute Gasteiger partial charge is 0.497 e. The van der Waals surface area contributed by atoms with E-state index in [9.17, 15) is 0 Å². The lowest BCUT2D eigenvalue weighted by Gasteiger charge is -2.02. The lowest BCUT2D eigenvalue weighted by atomic mass is 10.1. The summed E-state index contributed by atoms with van der Waals surface area (Å²) in [4.78, 5) is 0. The maximum absolute atomic E-state index is 5.82. The molecule has 0 saturated heterocycles. The van der Waals surface area contributed by atoms with E-state index < -0.39 is 0 Å². The molecular weight excluding hydrogens is 218 g/mol. The average Bonchev–Trinajstić information content (AvgIpc) is 2.82. The molecule has 6 nitrogen and oxygen atoms in total. The van der Waals surface area contributed by atoms with E-state index >= 15 is 0 Å². The van der Waals surface area contributed by atoms with Gasteiger partial charge < -0.3 is 10.5 Å². The van der Waals surface area contributed by atoms with Crippen LogP contribution in [0.5, 0.6) is 5.75 Å². The summed E-state index contributed by atoms with van der Waals surface area (Å²) in [5.74, 6) is 1.34. The zero-order valence-corrected chi connectivity index (χ0v) is 9.50. The Hall–Kier alpha value is -2.37. The standard InChI is InChI=1S/C11H13N5O/c1-17-10-4-2-9(3-5-10)6-11(12)15-16-7-13-14-8-16/h2-5,7-8H,6H2,1H3,(H2,12,15)/p+1. The first kappa shape index (κ1) is 11.1. The third kappa shape index (κ3) is 3.04. The minimum atomic E-state index is 0.515. The molecule has 0 spiro atoms. The Morgan fingerprint density at radius 3 is 2.82 bits per heavy atom. The summed E-state index contributed by atoms with van der Waals surface area (Å²) >= 11 is 0. The van der Waals surface area contributed by atoms with Crippen molar-refractivity contribution < 1.29 is 9.41 Å². The molecule has 17 heavy (non-hydrogen) atoms. The third-order valence-corrected chi connectivity index (χ3v) is 2.23. The van der Waals surface area contributed by atoms with Gasteiger partial charge in [-0.1, -0.05) is 17.2 Å². The number of amidine groups is 1. The van der Waals surface area contributed by atoms with E-state index in [1.165, 1.54) is 4.68 Å². The molecule has 0 saturated carbocycles. The van der Waals surface area contributed by atoms with Crippen LogP contribution in [0.15, 0.2) is 42.0 Å². The highest BCUT2D eigenvalue weighted by atomic mass is 16.5. The van der Waals surface area contributed by atoms with E-state index in [1.54, 1.807) is 19.8 Å². The average molecular weight is 232 g/mol. The van der Waals surface area contributed by atoms with Crippen molar-refractivity contribution in [2.75, 3.05) is 7.11 Å². The number of methoxy groups -OCH3 is 1. The van der Waals surface area contributed by atoms with Crippen LogP contribution < -0.4 is 15.1 Å². The molecule has 0 atom stereocenters. The van der Waals surface area contributed by atoms with Gasteiger partial charge in [-0.05, 0) is 17.7 Å².